The Morgan fingerprint density at radius 1 is 1.22 bits per heavy atom. The van der Waals surface area contributed by atoms with Crippen LogP contribution in [0.4, 0.5) is 17.6 Å². The van der Waals surface area contributed by atoms with E-state index in [-0.39, 0.29) is 17.8 Å². The molecule has 1 amide bonds. The van der Waals surface area contributed by atoms with Crippen LogP contribution in [0.1, 0.15) is 29.9 Å². The Bertz CT molecular complexity index is 825. The molecule has 0 spiro atoms. The van der Waals surface area contributed by atoms with Gasteiger partial charge in [-0.1, -0.05) is 6.07 Å². The third kappa shape index (κ3) is 4.78. The van der Waals surface area contributed by atoms with E-state index in [1.807, 2.05) is 0 Å². The van der Waals surface area contributed by atoms with Crippen molar-refractivity contribution in [2.75, 3.05) is 7.11 Å². The molecule has 6 nitrogen and oxygen atoms in total. The fraction of sp³-hybridized carbons (Fsp3) is 0.294. The fourth-order valence-electron chi connectivity index (χ4n) is 2.32. The van der Waals surface area contributed by atoms with Gasteiger partial charge in [0.2, 0.25) is 0 Å². The van der Waals surface area contributed by atoms with Gasteiger partial charge in [-0.2, -0.15) is 13.2 Å². The van der Waals surface area contributed by atoms with E-state index >= 15 is 0 Å². The highest BCUT2D eigenvalue weighted by Gasteiger charge is 2.33. The van der Waals surface area contributed by atoms with Crippen LogP contribution in [-0.2, 0) is 27.0 Å². The lowest BCUT2D eigenvalue weighted by Crippen LogP contribution is -2.39. The van der Waals surface area contributed by atoms with Crippen molar-refractivity contribution in [1.29, 1.82) is 0 Å². The number of alkyl halides is 3. The monoisotopic (exact) mass is 385 g/mol. The zero-order chi connectivity index (χ0) is 20.2. The number of esters is 1. The molecule has 0 aliphatic carbocycles. The Morgan fingerprint density at radius 3 is 2.44 bits per heavy atom. The number of pyridine rings is 2. The number of amides is 1. The van der Waals surface area contributed by atoms with E-state index in [9.17, 15) is 27.2 Å². The van der Waals surface area contributed by atoms with Crippen molar-refractivity contribution in [2.24, 2.45) is 0 Å². The van der Waals surface area contributed by atoms with Gasteiger partial charge in [0.1, 0.15) is 11.5 Å². The quantitative estimate of drug-likeness (QED) is 0.460. The maximum Gasteiger partial charge on any atom is 0.433 e. The summed E-state index contributed by atoms with van der Waals surface area (Å²) in [5.74, 6) is -2.98. The number of halogens is 4. The summed E-state index contributed by atoms with van der Waals surface area (Å²) in [6.45, 7) is 1.14. The van der Waals surface area contributed by atoms with E-state index in [1.165, 1.54) is 19.2 Å². The molecular weight excluding hydrogens is 370 g/mol. The van der Waals surface area contributed by atoms with Crippen molar-refractivity contribution in [3.63, 3.8) is 0 Å². The molecule has 2 heterocycles. The summed E-state index contributed by atoms with van der Waals surface area (Å²) >= 11 is 0. The van der Waals surface area contributed by atoms with Crippen LogP contribution in [0.2, 0.25) is 0 Å². The summed E-state index contributed by atoms with van der Waals surface area (Å²) in [6.07, 6.45) is -2.36. The zero-order valence-electron chi connectivity index (χ0n) is 14.3. The third-order valence-electron chi connectivity index (χ3n) is 3.74. The number of hydrogen-bond acceptors (Lipinski definition) is 5. The molecule has 27 heavy (non-hydrogen) atoms. The summed E-state index contributed by atoms with van der Waals surface area (Å²) in [4.78, 5) is 32.1. The van der Waals surface area contributed by atoms with E-state index in [4.69, 9.17) is 0 Å². The predicted octanol–water partition coefficient (Wildman–Crippen LogP) is 2.90. The molecule has 0 saturated heterocycles. The van der Waals surface area contributed by atoms with Crippen LogP contribution in [0, 0.1) is 5.82 Å². The van der Waals surface area contributed by atoms with E-state index < -0.39 is 35.6 Å². The van der Waals surface area contributed by atoms with Gasteiger partial charge in [-0.15, -0.1) is 0 Å². The summed E-state index contributed by atoms with van der Waals surface area (Å²) < 4.78 is 56.3. The summed E-state index contributed by atoms with van der Waals surface area (Å²) in [5.41, 5.74) is -0.987. The number of carbonyl (C=O) groups is 2. The normalized spacial score (nSPS) is 12.4. The van der Waals surface area contributed by atoms with Gasteiger partial charge < -0.3 is 9.64 Å². The first-order valence-electron chi connectivity index (χ1n) is 7.66. The van der Waals surface area contributed by atoms with E-state index in [0.29, 0.717) is 0 Å². The Hall–Kier alpha value is -3.04. The number of hydrogen-bond donors (Lipinski definition) is 0. The van der Waals surface area contributed by atoms with Crippen molar-refractivity contribution in [2.45, 2.75) is 25.7 Å². The Kier molecular flexibility index (Phi) is 6.09. The molecule has 0 radical (unpaired) electrons. The second kappa shape index (κ2) is 8.11. The van der Waals surface area contributed by atoms with Crippen molar-refractivity contribution in [3.8, 4) is 0 Å². The van der Waals surface area contributed by atoms with Crippen LogP contribution in [0.5, 0.6) is 0 Å². The second-order valence-electron chi connectivity index (χ2n) is 5.52. The molecule has 1 atom stereocenters. The molecule has 10 heteroatoms. The minimum absolute atomic E-state index is 0.102. The lowest BCUT2D eigenvalue weighted by atomic mass is 10.1. The average Bonchev–Trinajstić information content (AvgIpc) is 2.64. The SMILES string of the molecule is COC(=O)C(=O)N(Cc1ccc(C(F)(F)F)nc1)C(C)c1ncccc1F. The first kappa shape index (κ1) is 20.3. The zero-order valence-corrected chi connectivity index (χ0v) is 14.3. The van der Waals surface area contributed by atoms with Gasteiger partial charge in [-0.05, 0) is 30.7 Å². The van der Waals surface area contributed by atoms with E-state index in [2.05, 4.69) is 14.7 Å². The predicted molar refractivity (Wildman–Crippen MR) is 84.4 cm³/mol. The van der Waals surface area contributed by atoms with Crippen LogP contribution in [-0.4, -0.2) is 33.9 Å². The molecule has 0 aromatic carbocycles. The highest BCUT2D eigenvalue weighted by Crippen LogP contribution is 2.28. The van der Waals surface area contributed by atoms with Crippen molar-refractivity contribution < 1.29 is 31.9 Å². The molecule has 0 saturated carbocycles. The third-order valence-corrected chi connectivity index (χ3v) is 3.74. The van der Waals surface area contributed by atoms with E-state index in [0.717, 1.165) is 36.4 Å². The number of aromatic nitrogens is 2. The molecule has 2 aromatic heterocycles. The van der Waals surface area contributed by atoms with Gasteiger partial charge in [-0.3, -0.25) is 14.8 Å². The standard InChI is InChI=1S/C17H15F4N3O3/c1-10(14-12(18)4-3-7-22-14)24(15(25)16(26)27-2)9-11-5-6-13(23-8-11)17(19,20)21/h3-8,10H,9H2,1-2H3. The van der Waals surface area contributed by atoms with Crippen LogP contribution in [0.25, 0.3) is 0 Å². The molecule has 0 N–H and O–H groups in total. The first-order chi connectivity index (χ1) is 12.6. The minimum atomic E-state index is -4.61. The largest absolute Gasteiger partial charge is 0.462 e. The summed E-state index contributed by atoms with van der Waals surface area (Å²) in [5, 5.41) is 0. The molecule has 1 unspecified atom stereocenters. The fourth-order valence-corrected chi connectivity index (χ4v) is 2.32. The number of methoxy groups -OCH3 is 1. The molecule has 2 rings (SSSR count). The van der Waals surface area contributed by atoms with Gasteiger partial charge in [0.05, 0.1) is 18.8 Å². The number of carbonyl (C=O) groups excluding carboxylic acids is 2. The van der Waals surface area contributed by atoms with Gasteiger partial charge in [0.25, 0.3) is 0 Å². The number of nitrogens with zero attached hydrogens (tertiary/aromatic N) is 3. The van der Waals surface area contributed by atoms with Crippen molar-refractivity contribution >= 4 is 11.9 Å². The molecule has 0 aliphatic rings. The molecule has 0 bridgehead atoms. The van der Waals surface area contributed by atoms with Crippen LogP contribution in [0.15, 0.2) is 36.7 Å². The maximum absolute atomic E-state index is 14.0. The second-order valence-corrected chi connectivity index (χ2v) is 5.52. The molecule has 0 aliphatic heterocycles. The summed E-state index contributed by atoms with van der Waals surface area (Å²) in [7, 11) is 1.00. The lowest BCUT2D eigenvalue weighted by molar-refractivity contribution is -0.159. The highest BCUT2D eigenvalue weighted by molar-refractivity contribution is 6.32. The number of rotatable bonds is 4. The first-order valence-corrected chi connectivity index (χ1v) is 7.66. The molecule has 2 aromatic rings. The van der Waals surface area contributed by atoms with Crippen LogP contribution in [0.3, 0.4) is 0 Å². The molecule has 0 fully saturated rings. The van der Waals surface area contributed by atoms with Gasteiger partial charge >= 0.3 is 18.1 Å². The van der Waals surface area contributed by atoms with Crippen molar-refractivity contribution in [3.05, 3.63) is 59.4 Å². The molecule has 144 valence electrons. The lowest BCUT2D eigenvalue weighted by Gasteiger charge is -2.28. The summed E-state index contributed by atoms with van der Waals surface area (Å²) in [6, 6.07) is 3.38. The van der Waals surface area contributed by atoms with E-state index in [1.54, 1.807) is 0 Å². The van der Waals surface area contributed by atoms with Gasteiger partial charge in [0.15, 0.2) is 0 Å². The Balaban J connectivity index is 2.34. The molecular formula is C17H15F4N3O3. The average molecular weight is 385 g/mol. The Labute approximate surface area is 151 Å². The van der Waals surface area contributed by atoms with Crippen molar-refractivity contribution in [1.82, 2.24) is 14.9 Å². The topological polar surface area (TPSA) is 72.4 Å². The minimum Gasteiger partial charge on any atom is -0.462 e. The Morgan fingerprint density at radius 2 is 1.93 bits per heavy atom. The highest BCUT2D eigenvalue weighted by atomic mass is 19.4. The van der Waals surface area contributed by atoms with Crippen LogP contribution < -0.4 is 0 Å². The van der Waals surface area contributed by atoms with Crippen LogP contribution >= 0.6 is 0 Å². The maximum atomic E-state index is 14.0. The van der Waals surface area contributed by atoms with Gasteiger partial charge in [0, 0.05) is 18.9 Å². The van der Waals surface area contributed by atoms with Gasteiger partial charge in [-0.25, -0.2) is 9.18 Å². The smallest absolute Gasteiger partial charge is 0.433 e. The number of ether oxygens (including phenoxy) is 1.